The number of carbonyl (C=O) groups excluding carboxylic acids is 1. The minimum absolute atomic E-state index is 0.0705. The third kappa shape index (κ3) is 7.87. The quantitative estimate of drug-likeness (QED) is 0.152. The maximum absolute atomic E-state index is 11.3. The SMILES string of the molecule is NC(N)=NCCCC(NC(=O)CC(O)C(=O)O)C(=O)O. The second-order valence-corrected chi connectivity index (χ2v) is 3.97. The second kappa shape index (κ2) is 8.69. The molecule has 0 saturated carbocycles. The Hall–Kier alpha value is -2.36. The summed E-state index contributed by atoms with van der Waals surface area (Å²) in [4.78, 5) is 36.3. The number of nitrogens with one attached hydrogen (secondary N) is 1. The summed E-state index contributed by atoms with van der Waals surface area (Å²) >= 11 is 0. The van der Waals surface area contributed by atoms with Gasteiger partial charge in [-0.3, -0.25) is 9.79 Å². The van der Waals surface area contributed by atoms with E-state index in [9.17, 15) is 14.4 Å². The number of hydrogen-bond donors (Lipinski definition) is 6. The van der Waals surface area contributed by atoms with Crippen LogP contribution in [0.1, 0.15) is 19.3 Å². The number of guanidine groups is 1. The maximum Gasteiger partial charge on any atom is 0.333 e. The summed E-state index contributed by atoms with van der Waals surface area (Å²) in [6.45, 7) is 0.208. The molecule has 0 aliphatic rings. The molecule has 0 radical (unpaired) electrons. The van der Waals surface area contributed by atoms with Crippen molar-refractivity contribution >= 4 is 23.8 Å². The van der Waals surface area contributed by atoms with E-state index in [0.29, 0.717) is 6.42 Å². The first kappa shape index (κ1) is 17.6. The maximum atomic E-state index is 11.3. The molecule has 10 nitrogen and oxygen atoms in total. The number of carbonyl (C=O) groups is 3. The lowest BCUT2D eigenvalue weighted by atomic mass is 10.1. The van der Waals surface area contributed by atoms with Crippen LogP contribution < -0.4 is 16.8 Å². The lowest BCUT2D eigenvalue weighted by molar-refractivity contribution is -0.149. The number of carboxylic acid groups (broad SMARTS) is 2. The van der Waals surface area contributed by atoms with Gasteiger partial charge in [0.2, 0.25) is 5.91 Å². The Morgan fingerprint density at radius 1 is 1.15 bits per heavy atom. The van der Waals surface area contributed by atoms with Crippen molar-refractivity contribution < 1.29 is 29.7 Å². The van der Waals surface area contributed by atoms with E-state index in [-0.39, 0.29) is 18.9 Å². The fourth-order valence-electron chi connectivity index (χ4n) is 1.28. The summed E-state index contributed by atoms with van der Waals surface area (Å²) in [5, 5.41) is 28.4. The lowest BCUT2D eigenvalue weighted by Crippen LogP contribution is -2.42. The Kier molecular flexibility index (Phi) is 7.67. The van der Waals surface area contributed by atoms with Crippen LogP contribution >= 0.6 is 0 Å². The van der Waals surface area contributed by atoms with Crippen molar-refractivity contribution in [1.82, 2.24) is 5.32 Å². The number of carboxylic acids is 2. The molecule has 114 valence electrons. The third-order valence-corrected chi connectivity index (χ3v) is 2.24. The number of nitrogens with two attached hydrogens (primary N) is 2. The van der Waals surface area contributed by atoms with Gasteiger partial charge in [0.1, 0.15) is 6.04 Å². The number of hydrogen-bond acceptors (Lipinski definition) is 5. The highest BCUT2D eigenvalue weighted by Gasteiger charge is 2.23. The summed E-state index contributed by atoms with van der Waals surface area (Å²) in [5.74, 6) is -3.81. The lowest BCUT2D eigenvalue weighted by Gasteiger charge is -2.14. The Bertz CT molecular complexity index is 393. The van der Waals surface area contributed by atoms with Crippen molar-refractivity contribution in [3.05, 3.63) is 0 Å². The van der Waals surface area contributed by atoms with Crippen LogP contribution in [0.4, 0.5) is 0 Å². The molecular formula is C10H18N4O6. The van der Waals surface area contributed by atoms with Crippen LogP contribution in [0.5, 0.6) is 0 Å². The molecule has 20 heavy (non-hydrogen) atoms. The van der Waals surface area contributed by atoms with Gasteiger partial charge in [-0.25, -0.2) is 9.59 Å². The molecule has 0 rings (SSSR count). The monoisotopic (exact) mass is 290 g/mol. The molecule has 8 N–H and O–H groups in total. The van der Waals surface area contributed by atoms with Crippen LogP contribution in [0.3, 0.4) is 0 Å². The molecule has 0 fully saturated rings. The van der Waals surface area contributed by atoms with Gasteiger partial charge < -0.3 is 32.1 Å². The molecule has 10 heteroatoms. The fraction of sp³-hybridized carbons (Fsp3) is 0.600. The van der Waals surface area contributed by atoms with Gasteiger partial charge in [-0.2, -0.15) is 0 Å². The molecule has 0 aliphatic carbocycles. The predicted octanol–water partition coefficient (Wildman–Crippen LogP) is -2.55. The minimum atomic E-state index is -1.87. The van der Waals surface area contributed by atoms with Crippen molar-refractivity contribution in [1.29, 1.82) is 0 Å². The van der Waals surface area contributed by atoms with E-state index in [2.05, 4.69) is 10.3 Å². The Labute approximate surface area is 114 Å². The first-order valence-electron chi connectivity index (χ1n) is 5.72. The van der Waals surface area contributed by atoms with Crippen molar-refractivity contribution in [2.24, 2.45) is 16.5 Å². The highest BCUT2D eigenvalue weighted by atomic mass is 16.4. The van der Waals surface area contributed by atoms with Crippen LogP contribution in [-0.2, 0) is 14.4 Å². The molecule has 1 amide bonds. The first-order chi connectivity index (χ1) is 9.23. The zero-order valence-corrected chi connectivity index (χ0v) is 10.7. The average molecular weight is 290 g/mol. The van der Waals surface area contributed by atoms with Gasteiger partial charge in [0.05, 0.1) is 6.42 Å². The largest absolute Gasteiger partial charge is 0.480 e. The second-order valence-electron chi connectivity index (χ2n) is 3.97. The number of aliphatic imine (C=N–C) groups is 1. The van der Waals surface area contributed by atoms with Gasteiger partial charge in [0.15, 0.2) is 12.1 Å². The van der Waals surface area contributed by atoms with Crippen LogP contribution in [-0.4, -0.2) is 57.8 Å². The Balaban J connectivity index is 4.27. The Morgan fingerprint density at radius 2 is 1.75 bits per heavy atom. The number of aliphatic hydroxyl groups is 1. The number of amides is 1. The van der Waals surface area contributed by atoms with Crippen molar-refractivity contribution in [2.75, 3.05) is 6.54 Å². The number of aliphatic hydroxyl groups excluding tert-OH is 1. The predicted molar refractivity (Wildman–Crippen MR) is 67.7 cm³/mol. The van der Waals surface area contributed by atoms with Crippen molar-refractivity contribution in [3.8, 4) is 0 Å². The van der Waals surface area contributed by atoms with Gasteiger partial charge in [-0.1, -0.05) is 0 Å². The molecule has 0 aromatic rings. The van der Waals surface area contributed by atoms with Gasteiger partial charge in [-0.15, -0.1) is 0 Å². The first-order valence-corrected chi connectivity index (χ1v) is 5.72. The molecule has 2 unspecified atom stereocenters. The summed E-state index contributed by atoms with van der Waals surface area (Å²) in [5.41, 5.74) is 10.2. The molecule has 0 aromatic carbocycles. The van der Waals surface area contributed by atoms with Gasteiger partial charge in [0.25, 0.3) is 0 Å². The summed E-state index contributed by atoms with van der Waals surface area (Å²) in [6.07, 6.45) is -2.20. The highest BCUT2D eigenvalue weighted by molar-refractivity contribution is 5.87. The molecular weight excluding hydrogens is 272 g/mol. The van der Waals surface area contributed by atoms with E-state index in [1.807, 2.05) is 0 Å². The average Bonchev–Trinajstić information content (AvgIpc) is 2.32. The van der Waals surface area contributed by atoms with Gasteiger partial charge in [0, 0.05) is 6.54 Å². The van der Waals surface area contributed by atoms with Crippen LogP contribution in [0.15, 0.2) is 4.99 Å². The minimum Gasteiger partial charge on any atom is -0.480 e. The third-order valence-electron chi connectivity index (χ3n) is 2.24. The van der Waals surface area contributed by atoms with Gasteiger partial charge in [-0.05, 0) is 12.8 Å². The number of aliphatic carboxylic acids is 2. The number of rotatable bonds is 9. The van der Waals surface area contributed by atoms with E-state index in [4.69, 9.17) is 26.8 Å². The molecule has 0 heterocycles. The topological polar surface area (TPSA) is 188 Å². The van der Waals surface area contributed by atoms with Crippen molar-refractivity contribution in [3.63, 3.8) is 0 Å². The zero-order chi connectivity index (χ0) is 15.7. The number of nitrogens with zero attached hydrogens (tertiary/aromatic N) is 1. The smallest absolute Gasteiger partial charge is 0.333 e. The molecule has 0 bridgehead atoms. The van der Waals surface area contributed by atoms with Crippen LogP contribution in [0.2, 0.25) is 0 Å². The summed E-state index contributed by atoms with van der Waals surface area (Å²) in [6, 6.07) is -1.20. The van der Waals surface area contributed by atoms with Crippen LogP contribution in [0.25, 0.3) is 0 Å². The summed E-state index contributed by atoms with van der Waals surface area (Å²) in [7, 11) is 0. The van der Waals surface area contributed by atoms with Crippen molar-refractivity contribution in [2.45, 2.75) is 31.4 Å². The molecule has 2 atom stereocenters. The van der Waals surface area contributed by atoms with E-state index in [1.165, 1.54) is 0 Å². The molecule has 0 aliphatic heterocycles. The normalized spacial score (nSPS) is 13.1. The van der Waals surface area contributed by atoms with E-state index >= 15 is 0 Å². The van der Waals surface area contributed by atoms with E-state index in [0.717, 1.165) is 0 Å². The zero-order valence-electron chi connectivity index (χ0n) is 10.7. The molecule has 0 aromatic heterocycles. The Morgan fingerprint density at radius 3 is 2.20 bits per heavy atom. The van der Waals surface area contributed by atoms with Gasteiger partial charge >= 0.3 is 11.9 Å². The fourth-order valence-corrected chi connectivity index (χ4v) is 1.28. The standard InChI is InChI=1S/C10H18N4O6/c11-10(12)13-3-1-2-5(8(17)18)14-7(16)4-6(15)9(19)20/h5-6,15H,1-4H2,(H,14,16)(H,17,18)(H,19,20)(H4,11,12,13). The summed E-state index contributed by atoms with van der Waals surface area (Å²) < 4.78 is 0. The van der Waals surface area contributed by atoms with E-state index < -0.39 is 36.4 Å². The van der Waals surface area contributed by atoms with Crippen LogP contribution in [0, 0.1) is 0 Å². The highest BCUT2D eigenvalue weighted by Crippen LogP contribution is 2.00. The molecule has 0 saturated heterocycles. The van der Waals surface area contributed by atoms with E-state index in [1.54, 1.807) is 0 Å². The molecule has 0 spiro atoms.